The van der Waals surface area contributed by atoms with Crippen molar-refractivity contribution in [2.75, 3.05) is 39.5 Å². The van der Waals surface area contributed by atoms with Crippen LogP contribution in [-0.2, 0) is 0 Å². The molecular formula is C18H30N2O3. The zero-order chi connectivity index (χ0) is 16.7. The molecule has 2 unspecified atom stereocenters. The predicted molar refractivity (Wildman–Crippen MR) is 92.3 cm³/mol. The topological polar surface area (TPSA) is 54.0 Å². The van der Waals surface area contributed by atoms with Crippen molar-refractivity contribution in [2.45, 2.75) is 39.3 Å². The predicted octanol–water partition coefficient (Wildman–Crippen LogP) is 2.20. The van der Waals surface area contributed by atoms with Gasteiger partial charge in [-0.2, -0.15) is 0 Å². The lowest BCUT2D eigenvalue weighted by Crippen LogP contribution is -2.51. The van der Waals surface area contributed by atoms with Gasteiger partial charge in [-0.1, -0.05) is 13.0 Å². The van der Waals surface area contributed by atoms with Crippen LogP contribution >= 0.6 is 0 Å². The molecule has 0 saturated carbocycles. The van der Waals surface area contributed by atoms with Gasteiger partial charge in [0, 0.05) is 25.7 Å². The van der Waals surface area contributed by atoms with Gasteiger partial charge >= 0.3 is 0 Å². The fraction of sp³-hybridized carbons (Fsp3) is 0.667. The van der Waals surface area contributed by atoms with Gasteiger partial charge in [0.05, 0.1) is 25.9 Å². The first-order chi connectivity index (χ1) is 11.2. The maximum absolute atomic E-state index is 9.95. The van der Waals surface area contributed by atoms with E-state index < -0.39 is 0 Å². The first kappa shape index (κ1) is 18.0. The monoisotopic (exact) mass is 322 g/mol. The van der Waals surface area contributed by atoms with Crippen LogP contribution in [-0.4, -0.2) is 55.5 Å². The zero-order valence-corrected chi connectivity index (χ0v) is 14.5. The lowest BCUT2D eigenvalue weighted by molar-refractivity contribution is 0.0721. The van der Waals surface area contributed by atoms with E-state index in [1.165, 1.54) is 0 Å². The van der Waals surface area contributed by atoms with Gasteiger partial charge < -0.3 is 19.9 Å². The molecule has 0 spiro atoms. The molecule has 1 saturated heterocycles. The summed E-state index contributed by atoms with van der Waals surface area (Å²) in [7, 11) is 0. The summed E-state index contributed by atoms with van der Waals surface area (Å²) < 4.78 is 11.5. The molecule has 1 heterocycles. The first-order valence-electron chi connectivity index (χ1n) is 8.68. The number of rotatable bonds is 8. The molecule has 23 heavy (non-hydrogen) atoms. The maximum Gasteiger partial charge on any atom is 0.161 e. The number of nitrogens with zero attached hydrogens (tertiary/aromatic N) is 1. The third-order valence-electron chi connectivity index (χ3n) is 4.24. The van der Waals surface area contributed by atoms with E-state index in [0.717, 1.165) is 43.1 Å². The van der Waals surface area contributed by atoms with Crippen LogP contribution in [0.1, 0.15) is 38.8 Å². The second-order valence-electron chi connectivity index (χ2n) is 5.98. The first-order valence-corrected chi connectivity index (χ1v) is 8.68. The molecular weight excluding hydrogens is 292 g/mol. The molecule has 0 bridgehead atoms. The SMILES string of the molecule is CCCOc1ccc(C(CO)N2CCNCC2C)cc1OCC. The minimum absolute atomic E-state index is 0.00784. The van der Waals surface area contributed by atoms with E-state index in [-0.39, 0.29) is 12.6 Å². The van der Waals surface area contributed by atoms with E-state index in [4.69, 9.17) is 9.47 Å². The van der Waals surface area contributed by atoms with Gasteiger partial charge in [-0.05, 0) is 38.0 Å². The molecule has 1 aliphatic rings. The minimum Gasteiger partial charge on any atom is -0.490 e. The molecule has 1 aromatic carbocycles. The Hall–Kier alpha value is -1.30. The van der Waals surface area contributed by atoms with E-state index in [9.17, 15) is 5.11 Å². The molecule has 0 radical (unpaired) electrons. The van der Waals surface area contributed by atoms with Gasteiger partial charge in [0.15, 0.2) is 11.5 Å². The third-order valence-corrected chi connectivity index (χ3v) is 4.24. The minimum atomic E-state index is -0.00784. The Morgan fingerprint density at radius 2 is 2.13 bits per heavy atom. The van der Waals surface area contributed by atoms with E-state index in [2.05, 4.69) is 24.1 Å². The Labute approximate surface area is 139 Å². The fourth-order valence-corrected chi connectivity index (χ4v) is 3.05. The highest BCUT2D eigenvalue weighted by molar-refractivity contribution is 5.44. The fourth-order valence-electron chi connectivity index (χ4n) is 3.05. The molecule has 0 aliphatic carbocycles. The largest absolute Gasteiger partial charge is 0.490 e. The number of hydrogen-bond acceptors (Lipinski definition) is 5. The number of aliphatic hydroxyl groups excluding tert-OH is 1. The molecule has 0 aromatic heterocycles. The van der Waals surface area contributed by atoms with E-state index in [0.29, 0.717) is 19.3 Å². The summed E-state index contributed by atoms with van der Waals surface area (Å²) in [5, 5.41) is 13.3. The molecule has 5 nitrogen and oxygen atoms in total. The summed E-state index contributed by atoms with van der Waals surface area (Å²) >= 11 is 0. The van der Waals surface area contributed by atoms with Crippen LogP contribution in [0.25, 0.3) is 0 Å². The molecule has 2 atom stereocenters. The average molecular weight is 322 g/mol. The molecule has 130 valence electrons. The summed E-state index contributed by atoms with van der Waals surface area (Å²) in [6, 6.07) is 6.41. The lowest BCUT2D eigenvalue weighted by Gasteiger charge is -2.39. The van der Waals surface area contributed by atoms with Crippen molar-refractivity contribution in [3.63, 3.8) is 0 Å². The molecule has 2 N–H and O–H groups in total. The van der Waals surface area contributed by atoms with Gasteiger partial charge in [-0.3, -0.25) is 4.90 Å². The smallest absolute Gasteiger partial charge is 0.161 e. The van der Waals surface area contributed by atoms with Crippen molar-refractivity contribution in [3.05, 3.63) is 23.8 Å². The Morgan fingerprint density at radius 1 is 1.30 bits per heavy atom. The molecule has 1 fully saturated rings. The quantitative estimate of drug-likeness (QED) is 0.768. The second kappa shape index (κ2) is 9.11. The summed E-state index contributed by atoms with van der Waals surface area (Å²) in [6.07, 6.45) is 0.963. The molecule has 0 amide bonds. The van der Waals surface area contributed by atoms with Gasteiger partial charge in [0.1, 0.15) is 0 Å². The van der Waals surface area contributed by atoms with Crippen LogP contribution in [0.3, 0.4) is 0 Å². The number of nitrogens with one attached hydrogen (secondary N) is 1. The average Bonchev–Trinajstić information content (AvgIpc) is 2.57. The van der Waals surface area contributed by atoms with Crippen LogP contribution < -0.4 is 14.8 Å². The zero-order valence-electron chi connectivity index (χ0n) is 14.5. The highest BCUT2D eigenvalue weighted by atomic mass is 16.5. The van der Waals surface area contributed by atoms with Crippen LogP contribution in [0.4, 0.5) is 0 Å². The van der Waals surface area contributed by atoms with Crippen molar-refractivity contribution in [1.29, 1.82) is 0 Å². The van der Waals surface area contributed by atoms with Crippen LogP contribution in [0.2, 0.25) is 0 Å². The maximum atomic E-state index is 9.95. The normalized spacial score (nSPS) is 20.3. The second-order valence-corrected chi connectivity index (χ2v) is 5.98. The van der Waals surface area contributed by atoms with Gasteiger partial charge in [-0.25, -0.2) is 0 Å². The highest BCUT2D eigenvalue weighted by Crippen LogP contribution is 2.33. The van der Waals surface area contributed by atoms with Gasteiger partial charge in [0.25, 0.3) is 0 Å². The van der Waals surface area contributed by atoms with Crippen LogP contribution in [0.5, 0.6) is 11.5 Å². The van der Waals surface area contributed by atoms with Crippen LogP contribution in [0, 0.1) is 0 Å². The van der Waals surface area contributed by atoms with Crippen molar-refractivity contribution >= 4 is 0 Å². The highest BCUT2D eigenvalue weighted by Gasteiger charge is 2.27. The van der Waals surface area contributed by atoms with Crippen molar-refractivity contribution < 1.29 is 14.6 Å². The molecule has 5 heteroatoms. The number of aliphatic hydroxyl groups is 1. The molecule has 1 aliphatic heterocycles. The molecule has 2 rings (SSSR count). The Bertz CT molecular complexity index is 481. The van der Waals surface area contributed by atoms with Gasteiger partial charge in [-0.15, -0.1) is 0 Å². The standard InChI is InChI=1S/C18H30N2O3/c1-4-10-23-17-7-6-15(11-18(17)22-5-2)16(13-21)20-9-8-19-12-14(20)3/h6-7,11,14,16,19,21H,4-5,8-10,12-13H2,1-3H3. The van der Waals surface area contributed by atoms with E-state index in [1.807, 2.05) is 25.1 Å². The number of piperazine rings is 1. The van der Waals surface area contributed by atoms with Crippen LogP contribution in [0.15, 0.2) is 18.2 Å². The number of hydrogen-bond donors (Lipinski definition) is 2. The Morgan fingerprint density at radius 3 is 2.78 bits per heavy atom. The van der Waals surface area contributed by atoms with E-state index >= 15 is 0 Å². The third kappa shape index (κ3) is 4.59. The Balaban J connectivity index is 2.23. The van der Waals surface area contributed by atoms with Crippen molar-refractivity contribution in [3.8, 4) is 11.5 Å². The summed E-state index contributed by atoms with van der Waals surface area (Å²) in [4.78, 5) is 2.36. The summed E-state index contributed by atoms with van der Waals surface area (Å²) in [5.41, 5.74) is 1.08. The Kier molecular flexibility index (Phi) is 7.15. The number of ether oxygens (including phenoxy) is 2. The van der Waals surface area contributed by atoms with Crippen molar-refractivity contribution in [1.82, 2.24) is 10.2 Å². The van der Waals surface area contributed by atoms with Gasteiger partial charge in [0.2, 0.25) is 0 Å². The lowest BCUT2D eigenvalue weighted by atomic mass is 10.0. The number of benzene rings is 1. The van der Waals surface area contributed by atoms with Crippen molar-refractivity contribution in [2.24, 2.45) is 0 Å². The summed E-state index contributed by atoms with van der Waals surface area (Å²) in [5.74, 6) is 1.54. The molecule has 1 aromatic rings. The summed E-state index contributed by atoms with van der Waals surface area (Å²) in [6.45, 7) is 10.5. The van der Waals surface area contributed by atoms with E-state index in [1.54, 1.807) is 0 Å².